The molecule has 1 aliphatic rings. The van der Waals surface area contributed by atoms with Crippen molar-refractivity contribution in [1.82, 2.24) is 19.9 Å². The van der Waals surface area contributed by atoms with E-state index < -0.39 is 0 Å². The lowest BCUT2D eigenvalue weighted by Crippen LogP contribution is -2.19. The Hall–Kier alpha value is -2.36. The number of methoxy groups -OCH3 is 1. The zero-order chi connectivity index (χ0) is 21.1. The van der Waals surface area contributed by atoms with Gasteiger partial charge >= 0.3 is 0 Å². The Morgan fingerprint density at radius 2 is 2.07 bits per heavy atom. The smallest absolute Gasteiger partial charge is 0.224 e. The molecule has 8 nitrogen and oxygen atoms in total. The minimum absolute atomic E-state index is 0.238. The molecule has 3 heterocycles. The Morgan fingerprint density at radius 3 is 2.80 bits per heavy atom. The van der Waals surface area contributed by atoms with Crippen LogP contribution in [-0.2, 0) is 4.74 Å². The van der Waals surface area contributed by atoms with E-state index in [1.54, 1.807) is 18.4 Å². The molecule has 1 aliphatic carbocycles. The second kappa shape index (κ2) is 9.20. The van der Waals surface area contributed by atoms with Crippen molar-refractivity contribution in [3.05, 3.63) is 23.7 Å². The lowest BCUT2D eigenvalue weighted by atomic mass is 10.1. The Morgan fingerprint density at radius 1 is 1.20 bits per heavy atom. The van der Waals surface area contributed by atoms with E-state index in [1.807, 2.05) is 26.1 Å². The van der Waals surface area contributed by atoms with Gasteiger partial charge in [0.2, 0.25) is 5.95 Å². The summed E-state index contributed by atoms with van der Waals surface area (Å²) in [6.45, 7) is 5.42. The van der Waals surface area contributed by atoms with Crippen LogP contribution in [0.3, 0.4) is 0 Å². The number of aryl methyl sites for hydroxylation is 2. The number of aliphatic hydroxyl groups excluding tert-OH is 1. The third-order valence-electron chi connectivity index (χ3n) is 5.52. The van der Waals surface area contributed by atoms with Crippen molar-refractivity contribution < 1.29 is 9.84 Å². The molecular weight excluding hydrogens is 400 g/mol. The van der Waals surface area contributed by atoms with Crippen LogP contribution in [0.15, 0.2) is 12.3 Å². The van der Waals surface area contributed by atoms with E-state index in [2.05, 4.69) is 20.6 Å². The van der Waals surface area contributed by atoms with Crippen molar-refractivity contribution in [2.75, 3.05) is 37.5 Å². The summed E-state index contributed by atoms with van der Waals surface area (Å²) in [5.74, 6) is 1.71. The Labute approximate surface area is 180 Å². The summed E-state index contributed by atoms with van der Waals surface area (Å²) in [5.41, 5.74) is 3.64. The van der Waals surface area contributed by atoms with Gasteiger partial charge in [0.1, 0.15) is 16.3 Å². The minimum atomic E-state index is 0.238. The van der Waals surface area contributed by atoms with Crippen LogP contribution in [0.2, 0.25) is 0 Å². The standard InChI is InChI=1S/C21H28N6O2S/c1-12-17(20-26-18-13(2)22-7-6-16(18)30-20)19(25-15-5-4-14(10-15)11-28)27-21(24-12)23-8-9-29-3/h6-7,14-15,28H,4-5,8-11H2,1-3H3,(H2,23,24,25,27)/t14-,15+/m1/s1. The van der Waals surface area contributed by atoms with Crippen LogP contribution in [0, 0.1) is 19.8 Å². The topological polar surface area (TPSA) is 105 Å². The second-order valence-corrected chi connectivity index (χ2v) is 8.77. The van der Waals surface area contributed by atoms with Gasteiger partial charge in [-0.05, 0) is 45.1 Å². The minimum Gasteiger partial charge on any atom is -0.396 e. The van der Waals surface area contributed by atoms with Crippen molar-refractivity contribution >= 4 is 33.3 Å². The highest BCUT2D eigenvalue weighted by molar-refractivity contribution is 7.21. The molecule has 1 fully saturated rings. The van der Waals surface area contributed by atoms with E-state index >= 15 is 0 Å². The maximum Gasteiger partial charge on any atom is 0.224 e. The molecule has 0 spiro atoms. The average Bonchev–Trinajstić information content (AvgIpc) is 3.35. The van der Waals surface area contributed by atoms with Crippen LogP contribution in [0.4, 0.5) is 11.8 Å². The maximum absolute atomic E-state index is 9.51. The lowest BCUT2D eigenvalue weighted by Gasteiger charge is -2.18. The van der Waals surface area contributed by atoms with Gasteiger partial charge in [-0.3, -0.25) is 4.98 Å². The van der Waals surface area contributed by atoms with Crippen molar-refractivity contribution in [2.45, 2.75) is 39.2 Å². The zero-order valence-electron chi connectivity index (χ0n) is 17.6. The van der Waals surface area contributed by atoms with Crippen LogP contribution < -0.4 is 10.6 Å². The lowest BCUT2D eigenvalue weighted by molar-refractivity contribution is 0.210. The summed E-state index contributed by atoms with van der Waals surface area (Å²) < 4.78 is 6.23. The monoisotopic (exact) mass is 428 g/mol. The first-order chi connectivity index (χ1) is 14.6. The fraction of sp³-hybridized carbons (Fsp3) is 0.524. The molecule has 3 aromatic rings. The van der Waals surface area contributed by atoms with E-state index in [-0.39, 0.29) is 12.6 Å². The summed E-state index contributed by atoms with van der Waals surface area (Å²) in [6.07, 6.45) is 4.80. The van der Waals surface area contributed by atoms with E-state index in [0.717, 1.165) is 57.3 Å². The van der Waals surface area contributed by atoms with Gasteiger partial charge in [-0.25, -0.2) is 9.97 Å². The van der Waals surface area contributed by atoms with Crippen LogP contribution in [0.25, 0.3) is 20.8 Å². The average molecular weight is 429 g/mol. The molecule has 9 heteroatoms. The highest BCUT2D eigenvalue weighted by atomic mass is 32.1. The molecule has 0 bridgehead atoms. The number of pyridine rings is 1. The molecule has 0 saturated heterocycles. The summed E-state index contributed by atoms with van der Waals surface area (Å²) in [4.78, 5) is 18.7. The van der Waals surface area contributed by atoms with Crippen LogP contribution in [0.1, 0.15) is 30.7 Å². The molecule has 1 saturated carbocycles. The maximum atomic E-state index is 9.51. The molecular formula is C21H28N6O2S. The van der Waals surface area contributed by atoms with Crippen LogP contribution in [0.5, 0.6) is 0 Å². The molecule has 3 N–H and O–H groups in total. The molecule has 3 aromatic heterocycles. The predicted octanol–water partition coefficient (Wildman–Crippen LogP) is 3.40. The summed E-state index contributed by atoms with van der Waals surface area (Å²) >= 11 is 1.63. The summed E-state index contributed by atoms with van der Waals surface area (Å²) in [6, 6.07) is 2.27. The summed E-state index contributed by atoms with van der Waals surface area (Å²) in [5, 5.41) is 17.3. The highest BCUT2D eigenvalue weighted by Gasteiger charge is 2.26. The van der Waals surface area contributed by atoms with Gasteiger partial charge in [0.05, 0.1) is 28.3 Å². The number of ether oxygens (including phenoxy) is 1. The van der Waals surface area contributed by atoms with Crippen LogP contribution in [-0.4, -0.2) is 58.0 Å². The van der Waals surface area contributed by atoms with Crippen molar-refractivity contribution in [1.29, 1.82) is 0 Å². The van der Waals surface area contributed by atoms with Gasteiger partial charge < -0.3 is 20.5 Å². The third-order valence-corrected chi connectivity index (χ3v) is 6.56. The number of aliphatic hydroxyl groups is 1. The Kier molecular flexibility index (Phi) is 6.40. The van der Waals surface area contributed by atoms with E-state index in [0.29, 0.717) is 25.0 Å². The molecule has 160 valence electrons. The van der Waals surface area contributed by atoms with Gasteiger partial charge in [0.15, 0.2) is 0 Å². The second-order valence-electron chi connectivity index (χ2n) is 7.74. The third kappa shape index (κ3) is 4.38. The first-order valence-electron chi connectivity index (χ1n) is 10.3. The normalized spacial score (nSPS) is 18.8. The fourth-order valence-electron chi connectivity index (χ4n) is 3.93. The molecule has 4 rings (SSSR count). The first-order valence-corrected chi connectivity index (χ1v) is 11.1. The van der Waals surface area contributed by atoms with Gasteiger partial charge in [0.25, 0.3) is 0 Å². The highest BCUT2D eigenvalue weighted by Crippen LogP contribution is 2.38. The number of rotatable bonds is 8. The van der Waals surface area contributed by atoms with Gasteiger partial charge in [-0.2, -0.15) is 4.98 Å². The molecule has 0 amide bonds. The number of fused-ring (bicyclic) bond motifs is 1. The van der Waals surface area contributed by atoms with E-state index in [1.165, 1.54) is 0 Å². The van der Waals surface area contributed by atoms with Crippen LogP contribution >= 0.6 is 11.3 Å². The van der Waals surface area contributed by atoms with E-state index in [4.69, 9.17) is 14.7 Å². The van der Waals surface area contributed by atoms with E-state index in [9.17, 15) is 5.11 Å². The SMILES string of the molecule is COCCNc1nc(C)c(-c2nc3c(C)nccc3s2)c(N[C@H]2CC[C@@H](CO)C2)n1. The number of hydrogen-bond acceptors (Lipinski definition) is 9. The van der Waals surface area contributed by atoms with Gasteiger partial charge in [-0.15, -0.1) is 11.3 Å². The molecule has 0 aromatic carbocycles. The Bertz CT molecular complexity index is 1020. The first kappa shape index (κ1) is 20.9. The number of nitrogens with one attached hydrogen (secondary N) is 2. The van der Waals surface area contributed by atoms with Gasteiger partial charge in [-0.1, -0.05) is 0 Å². The number of nitrogens with zero attached hydrogens (tertiary/aromatic N) is 4. The van der Waals surface area contributed by atoms with Gasteiger partial charge in [0, 0.05) is 32.5 Å². The number of thiazole rings is 1. The number of hydrogen-bond donors (Lipinski definition) is 3. The largest absolute Gasteiger partial charge is 0.396 e. The molecule has 0 aliphatic heterocycles. The molecule has 0 radical (unpaired) electrons. The van der Waals surface area contributed by atoms with Crippen molar-refractivity contribution in [3.8, 4) is 10.6 Å². The summed E-state index contributed by atoms with van der Waals surface area (Å²) in [7, 11) is 1.67. The molecule has 2 atom stereocenters. The Balaban J connectivity index is 1.72. The quantitative estimate of drug-likeness (QED) is 0.469. The van der Waals surface area contributed by atoms with Crippen molar-refractivity contribution in [3.63, 3.8) is 0 Å². The molecule has 0 unspecified atom stereocenters. The predicted molar refractivity (Wildman–Crippen MR) is 120 cm³/mol. The fourth-order valence-corrected chi connectivity index (χ4v) is 5.04. The molecule has 30 heavy (non-hydrogen) atoms. The zero-order valence-corrected chi connectivity index (χ0v) is 18.4. The number of anilines is 2. The number of aromatic nitrogens is 4. The van der Waals surface area contributed by atoms with Crippen molar-refractivity contribution in [2.24, 2.45) is 5.92 Å².